The molecule has 0 saturated carbocycles. The molecule has 3 heteroatoms. The van der Waals surface area contributed by atoms with Crippen LogP contribution >= 0.6 is 11.3 Å². The molecule has 15 heavy (non-hydrogen) atoms. The van der Waals surface area contributed by atoms with Gasteiger partial charge < -0.3 is 5.32 Å². The summed E-state index contributed by atoms with van der Waals surface area (Å²) in [5.74, 6) is 1.47. The highest BCUT2D eigenvalue weighted by Gasteiger charge is 2.13. The molecule has 2 nitrogen and oxygen atoms in total. The number of aromatic nitrogens is 1. The lowest BCUT2D eigenvalue weighted by molar-refractivity contribution is 0.442. The van der Waals surface area contributed by atoms with Crippen molar-refractivity contribution in [1.29, 1.82) is 0 Å². The Morgan fingerprint density at radius 2 is 1.80 bits per heavy atom. The fourth-order valence-electron chi connectivity index (χ4n) is 1.82. The molecule has 1 aromatic heterocycles. The van der Waals surface area contributed by atoms with E-state index in [0.717, 1.165) is 17.0 Å². The molecular formula is C12H22N2S. The summed E-state index contributed by atoms with van der Waals surface area (Å²) in [7, 11) is 0. The molecule has 0 aromatic carbocycles. The first-order valence-electron chi connectivity index (χ1n) is 5.74. The van der Waals surface area contributed by atoms with Gasteiger partial charge in [-0.3, -0.25) is 0 Å². The van der Waals surface area contributed by atoms with Crippen LogP contribution in [0.15, 0.2) is 11.6 Å². The van der Waals surface area contributed by atoms with Gasteiger partial charge in [-0.1, -0.05) is 27.7 Å². The predicted molar refractivity (Wildman–Crippen MR) is 68.4 cm³/mol. The second-order valence-electron chi connectivity index (χ2n) is 4.94. The van der Waals surface area contributed by atoms with Gasteiger partial charge in [-0.05, 0) is 24.7 Å². The van der Waals surface area contributed by atoms with Crippen molar-refractivity contribution >= 4 is 16.5 Å². The molecule has 0 saturated heterocycles. The maximum Gasteiger partial charge on any atom is 0.182 e. The van der Waals surface area contributed by atoms with Gasteiger partial charge in [-0.15, -0.1) is 11.3 Å². The lowest BCUT2D eigenvalue weighted by Crippen LogP contribution is -2.23. The van der Waals surface area contributed by atoms with Crippen molar-refractivity contribution in [2.24, 2.45) is 11.8 Å². The van der Waals surface area contributed by atoms with Gasteiger partial charge in [-0.2, -0.15) is 0 Å². The molecule has 0 fully saturated rings. The van der Waals surface area contributed by atoms with Crippen LogP contribution in [-0.4, -0.2) is 11.0 Å². The van der Waals surface area contributed by atoms with Crippen molar-refractivity contribution in [3.05, 3.63) is 11.6 Å². The molecule has 0 unspecified atom stereocenters. The molecule has 0 aliphatic heterocycles. The molecule has 86 valence electrons. The molecule has 1 heterocycles. The summed E-state index contributed by atoms with van der Waals surface area (Å²) < 4.78 is 0. The number of nitrogens with zero attached hydrogens (tertiary/aromatic N) is 1. The Balaban J connectivity index is 2.48. The number of nitrogens with one attached hydrogen (secondary N) is 1. The van der Waals surface area contributed by atoms with Gasteiger partial charge in [0.05, 0.1) is 0 Å². The lowest BCUT2D eigenvalue weighted by Gasteiger charge is -2.21. The van der Waals surface area contributed by atoms with Crippen molar-refractivity contribution in [3.8, 4) is 0 Å². The Morgan fingerprint density at radius 3 is 2.20 bits per heavy atom. The quantitative estimate of drug-likeness (QED) is 0.792. The van der Waals surface area contributed by atoms with Crippen molar-refractivity contribution in [3.63, 3.8) is 0 Å². The molecule has 0 radical (unpaired) electrons. The van der Waals surface area contributed by atoms with Gasteiger partial charge in [0.15, 0.2) is 5.13 Å². The topological polar surface area (TPSA) is 24.9 Å². The van der Waals surface area contributed by atoms with E-state index in [9.17, 15) is 0 Å². The minimum absolute atomic E-state index is 0.566. The minimum atomic E-state index is 0.566. The normalized spacial score (nSPS) is 11.7. The number of thiazole rings is 1. The zero-order valence-corrected chi connectivity index (χ0v) is 11.0. The number of anilines is 1. The van der Waals surface area contributed by atoms with E-state index in [1.807, 2.05) is 11.6 Å². The molecule has 0 bridgehead atoms. The van der Waals surface area contributed by atoms with Crippen molar-refractivity contribution in [2.45, 2.75) is 46.6 Å². The molecule has 0 aliphatic rings. The lowest BCUT2D eigenvalue weighted by atomic mass is 9.96. The fraction of sp³-hybridized carbons (Fsp3) is 0.750. The van der Waals surface area contributed by atoms with Gasteiger partial charge in [0.2, 0.25) is 0 Å². The van der Waals surface area contributed by atoms with E-state index >= 15 is 0 Å². The van der Waals surface area contributed by atoms with E-state index in [1.165, 1.54) is 12.8 Å². The molecular weight excluding hydrogens is 204 g/mol. The molecule has 1 rings (SSSR count). The van der Waals surface area contributed by atoms with Crippen molar-refractivity contribution in [1.82, 2.24) is 4.98 Å². The largest absolute Gasteiger partial charge is 0.359 e. The van der Waals surface area contributed by atoms with E-state index in [1.54, 1.807) is 11.3 Å². The average molecular weight is 226 g/mol. The first-order chi connectivity index (χ1) is 7.08. The van der Waals surface area contributed by atoms with E-state index in [4.69, 9.17) is 0 Å². The van der Waals surface area contributed by atoms with Gasteiger partial charge in [-0.25, -0.2) is 4.98 Å². The Kier molecular flexibility index (Phi) is 5.09. The summed E-state index contributed by atoms with van der Waals surface area (Å²) in [6, 6.07) is 0.566. The fourth-order valence-corrected chi connectivity index (χ4v) is 2.43. The second-order valence-corrected chi connectivity index (χ2v) is 5.83. The summed E-state index contributed by atoms with van der Waals surface area (Å²) >= 11 is 1.68. The first-order valence-corrected chi connectivity index (χ1v) is 6.62. The van der Waals surface area contributed by atoms with Crippen LogP contribution in [0.25, 0.3) is 0 Å². The van der Waals surface area contributed by atoms with Crippen LogP contribution in [0.5, 0.6) is 0 Å². The molecule has 1 N–H and O–H groups in total. The molecule has 1 aromatic rings. The molecule has 0 aliphatic carbocycles. The Labute approximate surface area is 97.1 Å². The Bertz CT molecular complexity index is 245. The van der Waals surface area contributed by atoms with Crippen LogP contribution in [0.3, 0.4) is 0 Å². The number of rotatable bonds is 6. The van der Waals surface area contributed by atoms with Gasteiger partial charge in [0.25, 0.3) is 0 Å². The molecule has 0 amide bonds. The summed E-state index contributed by atoms with van der Waals surface area (Å²) in [6.07, 6.45) is 4.30. The van der Waals surface area contributed by atoms with E-state index in [2.05, 4.69) is 38.0 Å². The van der Waals surface area contributed by atoms with Crippen LogP contribution in [0, 0.1) is 11.8 Å². The van der Waals surface area contributed by atoms with Crippen LogP contribution < -0.4 is 5.32 Å². The predicted octanol–water partition coefficient (Wildman–Crippen LogP) is 4.02. The van der Waals surface area contributed by atoms with E-state index in [-0.39, 0.29) is 0 Å². The minimum Gasteiger partial charge on any atom is -0.359 e. The summed E-state index contributed by atoms with van der Waals surface area (Å²) in [5, 5.41) is 6.60. The Hall–Kier alpha value is -0.570. The third-order valence-corrected chi connectivity index (χ3v) is 2.98. The first kappa shape index (κ1) is 12.5. The molecule has 0 atom stereocenters. The maximum absolute atomic E-state index is 4.28. The third-order valence-electron chi connectivity index (χ3n) is 2.27. The maximum atomic E-state index is 4.28. The zero-order valence-electron chi connectivity index (χ0n) is 10.2. The monoisotopic (exact) mass is 226 g/mol. The highest BCUT2D eigenvalue weighted by molar-refractivity contribution is 7.13. The van der Waals surface area contributed by atoms with E-state index in [0.29, 0.717) is 6.04 Å². The highest BCUT2D eigenvalue weighted by atomic mass is 32.1. The second kappa shape index (κ2) is 6.11. The van der Waals surface area contributed by atoms with Crippen LogP contribution in [0.1, 0.15) is 40.5 Å². The standard InChI is InChI=1S/C12H22N2S/c1-9(2)7-11(8-10(3)4)14-12-13-5-6-15-12/h5-6,9-11H,7-8H2,1-4H3,(H,13,14). The third kappa shape index (κ3) is 5.17. The summed E-state index contributed by atoms with van der Waals surface area (Å²) in [6.45, 7) is 9.10. The van der Waals surface area contributed by atoms with E-state index < -0.39 is 0 Å². The van der Waals surface area contributed by atoms with Crippen LogP contribution in [0.4, 0.5) is 5.13 Å². The molecule has 0 spiro atoms. The van der Waals surface area contributed by atoms with Crippen molar-refractivity contribution in [2.75, 3.05) is 5.32 Å². The average Bonchev–Trinajstić information content (AvgIpc) is 2.53. The van der Waals surface area contributed by atoms with Gasteiger partial charge in [0.1, 0.15) is 0 Å². The highest BCUT2D eigenvalue weighted by Crippen LogP contribution is 2.19. The zero-order chi connectivity index (χ0) is 11.3. The smallest absolute Gasteiger partial charge is 0.182 e. The number of hydrogen-bond donors (Lipinski definition) is 1. The SMILES string of the molecule is CC(C)CC(CC(C)C)Nc1nccs1. The summed E-state index contributed by atoms with van der Waals surface area (Å²) in [5.41, 5.74) is 0. The van der Waals surface area contributed by atoms with Crippen LogP contribution in [0.2, 0.25) is 0 Å². The van der Waals surface area contributed by atoms with Gasteiger partial charge in [0, 0.05) is 17.6 Å². The number of hydrogen-bond acceptors (Lipinski definition) is 3. The van der Waals surface area contributed by atoms with Crippen LogP contribution in [-0.2, 0) is 0 Å². The van der Waals surface area contributed by atoms with Crippen molar-refractivity contribution < 1.29 is 0 Å². The Morgan fingerprint density at radius 1 is 1.20 bits per heavy atom. The van der Waals surface area contributed by atoms with Gasteiger partial charge >= 0.3 is 0 Å². The summed E-state index contributed by atoms with van der Waals surface area (Å²) in [4.78, 5) is 4.28.